The van der Waals surface area contributed by atoms with E-state index in [1.54, 1.807) is 0 Å². The molecule has 27 heavy (non-hydrogen) atoms. The number of rotatable bonds is 4. The highest BCUT2D eigenvalue weighted by Gasteiger charge is 2.30. The first kappa shape index (κ1) is 17.6. The Kier molecular flexibility index (Phi) is 4.58. The highest BCUT2D eigenvalue weighted by molar-refractivity contribution is 7.03. The van der Waals surface area contributed by atoms with Gasteiger partial charge in [-0.1, -0.05) is 0 Å². The minimum atomic E-state index is -0.381. The van der Waals surface area contributed by atoms with Crippen LogP contribution in [0.2, 0.25) is 0 Å². The van der Waals surface area contributed by atoms with Crippen LogP contribution in [0.15, 0.2) is 29.6 Å². The molecule has 0 unspecified atom stereocenters. The van der Waals surface area contributed by atoms with Gasteiger partial charge >= 0.3 is 6.09 Å². The Morgan fingerprint density at radius 1 is 1.44 bits per heavy atom. The van der Waals surface area contributed by atoms with Gasteiger partial charge in [0, 0.05) is 34.4 Å². The van der Waals surface area contributed by atoms with Crippen molar-refractivity contribution in [3.05, 3.63) is 52.2 Å². The van der Waals surface area contributed by atoms with Gasteiger partial charge in [-0.05, 0) is 61.6 Å². The molecule has 4 rings (SSSR count). The molecule has 0 saturated heterocycles. The number of benzene rings is 1. The summed E-state index contributed by atoms with van der Waals surface area (Å²) >= 11 is 1.44. The highest BCUT2D eigenvalue weighted by Crippen LogP contribution is 2.34. The molecule has 0 aliphatic heterocycles. The Labute approximate surface area is 161 Å². The van der Waals surface area contributed by atoms with Crippen LogP contribution in [-0.4, -0.2) is 27.2 Å². The molecule has 0 saturated carbocycles. The van der Waals surface area contributed by atoms with E-state index in [1.165, 1.54) is 22.8 Å². The summed E-state index contributed by atoms with van der Waals surface area (Å²) in [6.07, 6.45) is 0.945. The number of amides is 1. The number of nitrogens with one attached hydrogen (secondary N) is 1. The van der Waals surface area contributed by atoms with Gasteiger partial charge < -0.3 is 14.6 Å². The first-order valence-electron chi connectivity index (χ1n) is 8.95. The van der Waals surface area contributed by atoms with Gasteiger partial charge in [0.25, 0.3) is 0 Å². The zero-order valence-corrected chi connectivity index (χ0v) is 16.0. The van der Waals surface area contributed by atoms with Crippen LogP contribution in [0.5, 0.6) is 0 Å². The predicted molar refractivity (Wildman–Crippen MR) is 104 cm³/mol. The summed E-state index contributed by atoms with van der Waals surface area (Å²) in [6.45, 7) is 4.35. The Bertz CT molecular complexity index is 1030. The third kappa shape index (κ3) is 3.40. The highest BCUT2D eigenvalue weighted by atomic mass is 32.1. The lowest BCUT2D eigenvalue weighted by atomic mass is 10.1. The number of alkyl carbamates (subject to hydrolysis) is 1. The Balaban J connectivity index is 1.69. The zero-order valence-electron chi connectivity index (χ0n) is 15.2. The van der Waals surface area contributed by atoms with Crippen LogP contribution in [0.25, 0.3) is 10.9 Å². The van der Waals surface area contributed by atoms with Gasteiger partial charge in [0.05, 0.1) is 30.0 Å². The van der Waals surface area contributed by atoms with Crippen molar-refractivity contribution in [1.29, 1.82) is 5.26 Å². The molecule has 3 aromatic rings. The van der Waals surface area contributed by atoms with Crippen molar-refractivity contribution in [2.24, 2.45) is 0 Å². The molecule has 0 bridgehead atoms. The molecule has 1 N–H and O–H groups in total. The van der Waals surface area contributed by atoms with Crippen LogP contribution in [0.1, 0.15) is 36.4 Å². The molecular weight excluding hydrogens is 360 g/mol. The lowest BCUT2D eigenvalue weighted by Crippen LogP contribution is -2.37. The fraction of sp³-hybridized carbons (Fsp3) is 0.350. The number of nitrogens with zero attached hydrogens (tertiary/aromatic N) is 3. The molecule has 0 fully saturated rings. The third-order valence-corrected chi connectivity index (χ3v) is 5.38. The minimum Gasteiger partial charge on any atom is -0.447 e. The van der Waals surface area contributed by atoms with E-state index in [0.717, 1.165) is 29.4 Å². The number of carbonyl (C=O) groups excluding carboxylic acids is 1. The van der Waals surface area contributed by atoms with Gasteiger partial charge in [0.2, 0.25) is 0 Å². The van der Waals surface area contributed by atoms with E-state index >= 15 is 0 Å². The maximum absolute atomic E-state index is 12.0. The lowest BCUT2D eigenvalue weighted by molar-refractivity contribution is 0.112. The first-order chi connectivity index (χ1) is 13.0. The molecule has 2 heterocycles. The van der Waals surface area contributed by atoms with Crippen molar-refractivity contribution in [3.8, 4) is 6.07 Å². The van der Waals surface area contributed by atoms with Crippen molar-refractivity contribution in [2.45, 2.75) is 45.4 Å². The van der Waals surface area contributed by atoms with E-state index in [0.29, 0.717) is 12.1 Å². The summed E-state index contributed by atoms with van der Waals surface area (Å²) in [5.41, 5.74) is 5.16. The average molecular weight is 380 g/mol. The van der Waals surface area contributed by atoms with E-state index in [2.05, 4.69) is 20.3 Å². The van der Waals surface area contributed by atoms with Crippen molar-refractivity contribution >= 4 is 28.5 Å². The third-order valence-electron chi connectivity index (χ3n) is 4.78. The Morgan fingerprint density at radius 2 is 2.30 bits per heavy atom. The van der Waals surface area contributed by atoms with Crippen molar-refractivity contribution < 1.29 is 9.53 Å². The standard InChI is InChI=1S/C20H20N4O2S/c1-12(2)26-20(25)22-15-8-17-16-7-13(10-21)3-4-18(16)24(19(17)9-15)11-14-5-6-27-23-14/h3-7,12,15H,8-9,11H2,1-2H3,(H,22,25)/t15-/m0/s1. The van der Waals surface area contributed by atoms with Gasteiger partial charge in [-0.3, -0.25) is 0 Å². The second kappa shape index (κ2) is 7.05. The van der Waals surface area contributed by atoms with E-state index in [4.69, 9.17) is 4.74 Å². The number of fused-ring (bicyclic) bond motifs is 3. The Hall–Kier alpha value is -2.85. The van der Waals surface area contributed by atoms with Crippen molar-refractivity contribution in [1.82, 2.24) is 14.3 Å². The molecule has 7 heteroatoms. The number of carbonyl (C=O) groups is 1. The fourth-order valence-corrected chi connectivity index (χ4v) is 4.27. The molecule has 1 aliphatic rings. The molecule has 1 amide bonds. The lowest BCUT2D eigenvalue weighted by Gasteiger charge is -2.15. The van der Waals surface area contributed by atoms with Crippen LogP contribution in [0, 0.1) is 11.3 Å². The fourth-order valence-electron chi connectivity index (χ4n) is 3.74. The summed E-state index contributed by atoms with van der Waals surface area (Å²) in [7, 11) is 0. The molecule has 0 spiro atoms. The number of nitriles is 1. The maximum Gasteiger partial charge on any atom is 0.407 e. The van der Waals surface area contributed by atoms with Crippen LogP contribution < -0.4 is 5.32 Å². The number of hydrogen-bond donors (Lipinski definition) is 1. The second-order valence-electron chi connectivity index (χ2n) is 7.05. The number of aromatic nitrogens is 2. The zero-order chi connectivity index (χ0) is 19.0. The van der Waals surface area contributed by atoms with Crippen LogP contribution in [0.3, 0.4) is 0 Å². The SMILES string of the molecule is CC(C)OC(=O)N[C@H]1Cc2c(n(Cc3ccsn3)c3ccc(C#N)cc23)C1. The molecule has 0 radical (unpaired) electrons. The van der Waals surface area contributed by atoms with Gasteiger partial charge in [0.15, 0.2) is 0 Å². The van der Waals surface area contributed by atoms with Gasteiger partial charge in [-0.15, -0.1) is 0 Å². The normalized spacial score (nSPS) is 15.7. The topological polar surface area (TPSA) is 79.9 Å². The van der Waals surface area contributed by atoms with Gasteiger partial charge in [-0.2, -0.15) is 9.64 Å². The van der Waals surface area contributed by atoms with Crippen LogP contribution in [-0.2, 0) is 24.1 Å². The average Bonchev–Trinajstić information content (AvgIpc) is 3.32. The number of ether oxygens (including phenoxy) is 1. The molecule has 138 valence electrons. The van der Waals surface area contributed by atoms with E-state index < -0.39 is 0 Å². The summed E-state index contributed by atoms with van der Waals surface area (Å²) in [4.78, 5) is 12.0. The first-order valence-corrected chi connectivity index (χ1v) is 9.79. The minimum absolute atomic E-state index is 0.00178. The van der Waals surface area contributed by atoms with Gasteiger partial charge in [0.1, 0.15) is 0 Å². The van der Waals surface area contributed by atoms with Crippen molar-refractivity contribution in [2.75, 3.05) is 0 Å². The predicted octanol–water partition coefficient (Wildman–Crippen LogP) is 3.62. The largest absolute Gasteiger partial charge is 0.447 e. The molecule has 1 aromatic carbocycles. The number of hydrogen-bond acceptors (Lipinski definition) is 5. The molecular formula is C20H20N4O2S. The molecule has 6 nitrogen and oxygen atoms in total. The summed E-state index contributed by atoms with van der Waals surface area (Å²) < 4.78 is 11.9. The van der Waals surface area contributed by atoms with Crippen molar-refractivity contribution in [3.63, 3.8) is 0 Å². The smallest absolute Gasteiger partial charge is 0.407 e. The van der Waals surface area contributed by atoms with Crippen LogP contribution >= 0.6 is 11.5 Å². The van der Waals surface area contributed by atoms with E-state index in [9.17, 15) is 10.1 Å². The van der Waals surface area contributed by atoms with E-state index in [1.807, 2.05) is 43.5 Å². The second-order valence-corrected chi connectivity index (χ2v) is 7.72. The summed E-state index contributed by atoms with van der Waals surface area (Å²) in [5, 5.41) is 15.3. The van der Waals surface area contributed by atoms with Crippen LogP contribution in [0.4, 0.5) is 4.79 Å². The molecule has 2 aromatic heterocycles. The molecule has 1 aliphatic carbocycles. The van der Waals surface area contributed by atoms with Gasteiger partial charge in [-0.25, -0.2) is 4.79 Å². The maximum atomic E-state index is 12.0. The quantitative estimate of drug-likeness (QED) is 0.750. The molecule has 1 atom stereocenters. The van der Waals surface area contributed by atoms with E-state index in [-0.39, 0.29) is 18.2 Å². The Morgan fingerprint density at radius 3 is 3.00 bits per heavy atom. The summed E-state index contributed by atoms with van der Waals surface area (Å²) in [6, 6.07) is 10.0. The monoisotopic (exact) mass is 380 g/mol. The summed E-state index contributed by atoms with van der Waals surface area (Å²) in [5.74, 6) is 0.